The third kappa shape index (κ3) is 3.94. The number of carbonyl (C=O) groups is 2. The van der Waals surface area contributed by atoms with E-state index in [1.165, 1.54) is 10.9 Å². The summed E-state index contributed by atoms with van der Waals surface area (Å²) >= 11 is 0. The maximum Gasteiger partial charge on any atom is 0.325 e. The van der Waals surface area contributed by atoms with Gasteiger partial charge in [-0.05, 0) is 18.8 Å². The highest BCUT2D eigenvalue weighted by atomic mass is 16.4. The molecule has 1 fully saturated rings. The highest BCUT2D eigenvalue weighted by molar-refractivity contribution is 5.74. The molecule has 20 heavy (non-hydrogen) atoms. The molecule has 1 aliphatic heterocycles. The van der Waals surface area contributed by atoms with E-state index in [9.17, 15) is 9.59 Å². The summed E-state index contributed by atoms with van der Waals surface area (Å²) < 4.78 is 1.23. The summed E-state index contributed by atoms with van der Waals surface area (Å²) in [6.07, 6.45) is 3.71. The Morgan fingerprint density at radius 1 is 1.55 bits per heavy atom. The Labute approximate surface area is 116 Å². The van der Waals surface area contributed by atoms with Crippen molar-refractivity contribution in [3.8, 4) is 0 Å². The number of amides is 2. The number of likely N-dealkylation sites (tertiary alicyclic amines) is 1. The van der Waals surface area contributed by atoms with E-state index in [4.69, 9.17) is 5.11 Å². The van der Waals surface area contributed by atoms with Gasteiger partial charge in [0.25, 0.3) is 0 Å². The summed E-state index contributed by atoms with van der Waals surface area (Å²) in [7, 11) is 0. The smallest absolute Gasteiger partial charge is 0.325 e. The van der Waals surface area contributed by atoms with Crippen LogP contribution in [0.3, 0.4) is 0 Å². The van der Waals surface area contributed by atoms with E-state index in [1.54, 1.807) is 4.90 Å². The number of carbonyl (C=O) groups excluding carboxylic acids is 1. The highest BCUT2D eigenvalue weighted by Gasteiger charge is 2.20. The van der Waals surface area contributed by atoms with Gasteiger partial charge in [0, 0.05) is 13.1 Å². The molecule has 0 saturated carbocycles. The third-order valence-corrected chi connectivity index (χ3v) is 3.25. The Balaban J connectivity index is 1.80. The van der Waals surface area contributed by atoms with Gasteiger partial charge in [0.1, 0.15) is 12.2 Å². The molecule has 1 aliphatic rings. The second-order valence-electron chi connectivity index (χ2n) is 5.15. The molecule has 0 aromatic carbocycles. The molecule has 8 heteroatoms. The van der Waals surface area contributed by atoms with E-state index < -0.39 is 5.97 Å². The molecule has 8 nitrogen and oxygen atoms in total. The lowest BCUT2D eigenvalue weighted by molar-refractivity contribution is -0.137. The van der Waals surface area contributed by atoms with E-state index in [0.29, 0.717) is 11.6 Å². The number of aliphatic carboxylic acids is 1. The molecule has 0 radical (unpaired) electrons. The Morgan fingerprint density at radius 2 is 2.35 bits per heavy atom. The maximum atomic E-state index is 12.0. The first-order chi connectivity index (χ1) is 9.54. The normalized spacial score (nSPS) is 18.9. The maximum absolute atomic E-state index is 12.0. The second-order valence-corrected chi connectivity index (χ2v) is 5.15. The van der Waals surface area contributed by atoms with Gasteiger partial charge in [-0.3, -0.25) is 4.79 Å². The summed E-state index contributed by atoms with van der Waals surface area (Å²) in [5, 5.41) is 18.9. The van der Waals surface area contributed by atoms with E-state index in [-0.39, 0.29) is 19.1 Å². The first-order valence-corrected chi connectivity index (χ1v) is 6.68. The van der Waals surface area contributed by atoms with Gasteiger partial charge in [0.2, 0.25) is 0 Å². The summed E-state index contributed by atoms with van der Waals surface area (Å²) in [6.45, 7) is 3.71. The number of hydrogen-bond acceptors (Lipinski definition) is 4. The van der Waals surface area contributed by atoms with Crippen molar-refractivity contribution in [2.24, 2.45) is 5.92 Å². The van der Waals surface area contributed by atoms with Gasteiger partial charge < -0.3 is 15.3 Å². The van der Waals surface area contributed by atoms with Crippen LogP contribution in [0.1, 0.15) is 25.5 Å². The lowest BCUT2D eigenvalue weighted by atomic mass is 10.0. The molecule has 2 N–H and O–H groups in total. The summed E-state index contributed by atoms with van der Waals surface area (Å²) in [5.41, 5.74) is 0.546. The molecule has 110 valence electrons. The van der Waals surface area contributed by atoms with E-state index in [2.05, 4.69) is 22.6 Å². The molecular weight excluding hydrogens is 262 g/mol. The molecule has 2 amide bonds. The number of nitrogens with zero attached hydrogens (tertiary/aromatic N) is 4. The molecule has 1 atom stereocenters. The molecule has 1 saturated heterocycles. The Kier molecular flexibility index (Phi) is 4.54. The van der Waals surface area contributed by atoms with Crippen LogP contribution in [-0.4, -0.2) is 50.1 Å². The quantitative estimate of drug-likeness (QED) is 0.827. The van der Waals surface area contributed by atoms with Crippen molar-refractivity contribution in [1.29, 1.82) is 0 Å². The minimum absolute atomic E-state index is 0.107. The molecule has 0 spiro atoms. The van der Waals surface area contributed by atoms with Crippen LogP contribution in [0.25, 0.3) is 0 Å². The van der Waals surface area contributed by atoms with Crippen LogP contribution in [0, 0.1) is 5.92 Å². The largest absolute Gasteiger partial charge is 0.480 e. The first kappa shape index (κ1) is 14.3. The average molecular weight is 281 g/mol. The topological polar surface area (TPSA) is 100 Å². The van der Waals surface area contributed by atoms with Crippen LogP contribution in [0.15, 0.2) is 6.20 Å². The predicted molar refractivity (Wildman–Crippen MR) is 69.9 cm³/mol. The Morgan fingerprint density at radius 3 is 3.05 bits per heavy atom. The number of urea groups is 1. The van der Waals surface area contributed by atoms with Crippen molar-refractivity contribution in [3.05, 3.63) is 11.9 Å². The molecule has 1 aromatic heterocycles. The summed E-state index contributed by atoms with van der Waals surface area (Å²) in [5.74, 6) is -0.446. The van der Waals surface area contributed by atoms with Crippen molar-refractivity contribution >= 4 is 12.0 Å². The number of nitrogens with one attached hydrogen (secondary N) is 1. The predicted octanol–water partition coefficient (Wildman–Crippen LogP) is 0.304. The third-order valence-electron chi connectivity index (χ3n) is 3.25. The fraction of sp³-hybridized carbons (Fsp3) is 0.667. The van der Waals surface area contributed by atoms with Gasteiger partial charge in [-0.15, -0.1) is 5.10 Å². The van der Waals surface area contributed by atoms with Crippen molar-refractivity contribution in [2.75, 3.05) is 13.1 Å². The van der Waals surface area contributed by atoms with Gasteiger partial charge in [-0.1, -0.05) is 12.1 Å². The monoisotopic (exact) mass is 281 g/mol. The molecule has 2 heterocycles. The molecule has 1 aromatic rings. The summed E-state index contributed by atoms with van der Waals surface area (Å²) in [6, 6.07) is -0.107. The molecule has 2 rings (SSSR count). The molecule has 1 unspecified atom stereocenters. The first-order valence-electron chi connectivity index (χ1n) is 6.68. The number of carboxylic acid groups (broad SMARTS) is 1. The van der Waals surface area contributed by atoms with Crippen molar-refractivity contribution < 1.29 is 14.7 Å². The highest BCUT2D eigenvalue weighted by Crippen LogP contribution is 2.15. The van der Waals surface area contributed by atoms with E-state index in [0.717, 1.165) is 25.9 Å². The van der Waals surface area contributed by atoms with Crippen LogP contribution in [0.4, 0.5) is 4.79 Å². The van der Waals surface area contributed by atoms with Crippen LogP contribution in [-0.2, 0) is 17.9 Å². The lowest BCUT2D eigenvalue weighted by Crippen LogP contribution is -2.44. The van der Waals surface area contributed by atoms with Crippen LogP contribution >= 0.6 is 0 Å². The van der Waals surface area contributed by atoms with Crippen molar-refractivity contribution in [1.82, 2.24) is 25.2 Å². The minimum Gasteiger partial charge on any atom is -0.480 e. The van der Waals surface area contributed by atoms with Crippen LogP contribution < -0.4 is 5.32 Å². The minimum atomic E-state index is -0.979. The number of rotatable bonds is 4. The molecular formula is C12H19N5O3. The SMILES string of the molecule is CC1CCCN(C(=O)NCc2cn(CC(=O)O)nn2)C1. The zero-order valence-electron chi connectivity index (χ0n) is 11.4. The summed E-state index contributed by atoms with van der Waals surface area (Å²) in [4.78, 5) is 24.3. The fourth-order valence-electron chi connectivity index (χ4n) is 2.29. The zero-order valence-corrected chi connectivity index (χ0v) is 11.4. The number of aromatic nitrogens is 3. The van der Waals surface area contributed by atoms with E-state index in [1.807, 2.05) is 0 Å². The lowest BCUT2D eigenvalue weighted by Gasteiger charge is -2.30. The molecule has 0 aliphatic carbocycles. The van der Waals surface area contributed by atoms with Crippen molar-refractivity contribution in [2.45, 2.75) is 32.9 Å². The number of hydrogen-bond donors (Lipinski definition) is 2. The van der Waals surface area contributed by atoms with E-state index >= 15 is 0 Å². The second kappa shape index (κ2) is 6.36. The van der Waals surface area contributed by atoms with Gasteiger partial charge in [-0.2, -0.15) is 0 Å². The van der Waals surface area contributed by atoms with Gasteiger partial charge in [0.05, 0.1) is 12.7 Å². The van der Waals surface area contributed by atoms with Gasteiger partial charge >= 0.3 is 12.0 Å². The van der Waals surface area contributed by atoms with Crippen molar-refractivity contribution in [3.63, 3.8) is 0 Å². The Hall–Kier alpha value is -2.12. The zero-order chi connectivity index (χ0) is 14.5. The van der Waals surface area contributed by atoms with Crippen LogP contribution in [0.2, 0.25) is 0 Å². The number of carboxylic acids is 1. The number of piperidine rings is 1. The Bertz CT molecular complexity index is 487. The average Bonchev–Trinajstić information content (AvgIpc) is 2.82. The van der Waals surface area contributed by atoms with Gasteiger partial charge in [0.15, 0.2) is 0 Å². The van der Waals surface area contributed by atoms with Gasteiger partial charge in [-0.25, -0.2) is 9.48 Å². The fourth-order valence-corrected chi connectivity index (χ4v) is 2.29. The molecule has 0 bridgehead atoms. The van der Waals surface area contributed by atoms with Crippen LogP contribution in [0.5, 0.6) is 0 Å². The standard InChI is InChI=1S/C12H19N5O3/c1-9-3-2-4-16(6-9)12(20)13-5-10-7-17(15-14-10)8-11(18)19/h7,9H,2-6,8H2,1H3,(H,13,20)(H,18,19).